The summed E-state index contributed by atoms with van der Waals surface area (Å²) in [5.41, 5.74) is 0.488. The standard InChI is InChI=1S/C25H35FN2O3/c1-15(2)21(29)28-23-24(3,4)17-13-19-20(31-11-9-25(19,23)14-17)8-10-27-22(30)16-6-5-7-18(26)12-16/h5-7,12,15,17,19-20,23H,8-11,13-14H2,1-4H3,(H,27,30)(H,28,29)/t17-,19-,20-,23-,25?/m1/s1. The van der Waals surface area contributed by atoms with E-state index in [1.165, 1.54) is 12.1 Å². The maximum Gasteiger partial charge on any atom is 0.251 e. The first-order chi connectivity index (χ1) is 14.6. The van der Waals surface area contributed by atoms with Crippen LogP contribution >= 0.6 is 0 Å². The Hall–Kier alpha value is -1.95. The normalized spacial score (nSPS) is 33.2. The number of amides is 2. The van der Waals surface area contributed by atoms with E-state index in [0.717, 1.165) is 25.7 Å². The largest absolute Gasteiger partial charge is 0.378 e. The van der Waals surface area contributed by atoms with E-state index in [1.807, 2.05) is 13.8 Å². The van der Waals surface area contributed by atoms with E-state index in [9.17, 15) is 14.0 Å². The number of benzene rings is 1. The van der Waals surface area contributed by atoms with Crippen LogP contribution < -0.4 is 10.6 Å². The summed E-state index contributed by atoms with van der Waals surface area (Å²) in [6.45, 7) is 9.67. The first kappa shape index (κ1) is 22.3. The van der Waals surface area contributed by atoms with Crippen LogP contribution in [0, 0.1) is 34.4 Å². The molecule has 1 saturated heterocycles. The highest BCUT2D eigenvalue weighted by Gasteiger charge is 2.68. The molecule has 0 radical (unpaired) electrons. The molecule has 1 heterocycles. The minimum absolute atomic E-state index is 0.0292. The topological polar surface area (TPSA) is 67.4 Å². The van der Waals surface area contributed by atoms with Crippen molar-refractivity contribution < 1.29 is 18.7 Å². The molecule has 1 unspecified atom stereocenters. The molecule has 1 aromatic carbocycles. The van der Waals surface area contributed by atoms with Crippen LogP contribution in [0.5, 0.6) is 0 Å². The molecular formula is C25H35FN2O3. The van der Waals surface area contributed by atoms with E-state index in [0.29, 0.717) is 30.6 Å². The van der Waals surface area contributed by atoms with Gasteiger partial charge in [0, 0.05) is 30.7 Å². The van der Waals surface area contributed by atoms with Crippen LogP contribution in [0.4, 0.5) is 4.39 Å². The zero-order chi connectivity index (χ0) is 22.4. The molecule has 170 valence electrons. The van der Waals surface area contributed by atoms with E-state index < -0.39 is 5.82 Å². The smallest absolute Gasteiger partial charge is 0.251 e. The monoisotopic (exact) mass is 430 g/mol. The fourth-order valence-electron chi connectivity index (χ4n) is 6.56. The summed E-state index contributed by atoms with van der Waals surface area (Å²) in [5.74, 6) is 0.386. The molecule has 2 saturated carbocycles. The number of hydrogen-bond acceptors (Lipinski definition) is 3. The number of carbonyl (C=O) groups is 2. The van der Waals surface area contributed by atoms with Crippen molar-refractivity contribution in [1.29, 1.82) is 0 Å². The third kappa shape index (κ3) is 3.88. The molecule has 2 N–H and O–H groups in total. The van der Waals surface area contributed by atoms with E-state index >= 15 is 0 Å². The molecule has 4 rings (SSSR count). The third-order valence-corrected chi connectivity index (χ3v) is 8.23. The van der Waals surface area contributed by atoms with Gasteiger partial charge in [-0.25, -0.2) is 4.39 Å². The Morgan fingerprint density at radius 2 is 2.06 bits per heavy atom. The SMILES string of the molecule is CC(C)C(=O)N[C@@H]1C(C)(C)[C@@H]2C[C@@H]3[C@@H](CCNC(=O)c4cccc(F)c4)OCCC31C2. The number of hydrogen-bond donors (Lipinski definition) is 2. The maximum absolute atomic E-state index is 13.4. The second kappa shape index (κ2) is 8.19. The van der Waals surface area contributed by atoms with Crippen LogP contribution in [-0.2, 0) is 9.53 Å². The molecule has 2 bridgehead atoms. The second-order valence-corrected chi connectivity index (χ2v) is 10.6. The van der Waals surface area contributed by atoms with Gasteiger partial charge in [-0.2, -0.15) is 0 Å². The molecule has 1 spiro atoms. The predicted octanol–water partition coefficient (Wildman–Crippen LogP) is 3.93. The number of carbonyl (C=O) groups excluding carboxylic acids is 2. The molecule has 5 atom stereocenters. The third-order valence-electron chi connectivity index (χ3n) is 8.23. The number of halogens is 1. The zero-order valence-corrected chi connectivity index (χ0v) is 19.0. The Morgan fingerprint density at radius 1 is 1.29 bits per heavy atom. The van der Waals surface area contributed by atoms with Crippen LogP contribution in [0.2, 0.25) is 0 Å². The van der Waals surface area contributed by atoms with E-state index in [4.69, 9.17) is 4.74 Å². The lowest BCUT2D eigenvalue weighted by Crippen LogP contribution is -2.60. The van der Waals surface area contributed by atoms with Crippen molar-refractivity contribution >= 4 is 11.8 Å². The molecule has 1 aliphatic heterocycles. The predicted molar refractivity (Wildman–Crippen MR) is 117 cm³/mol. The molecule has 1 aromatic rings. The van der Waals surface area contributed by atoms with Gasteiger partial charge in [-0.3, -0.25) is 9.59 Å². The van der Waals surface area contributed by atoms with Gasteiger partial charge in [0.2, 0.25) is 5.91 Å². The highest BCUT2D eigenvalue weighted by atomic mass is 19.1. The summed E-state index contributed by atoms with van der Waals surface area (Å²) < 4.78 is 19.6. The average Bonchev–Trinajstić information content (AvgIpc) is 3.21. The zero-order valence-electron chi connectivity index (χ0n) is 19.0. The lowest BCUT2D eigenvalue weighted by molar-refractivity contribution is -0.138. The summed E-state index contributed by atoms with van der Waals surface area (Å²) in [4.78, 5) is 25.0. The van der Waals surface area contributed by atoms with Gasteiger partial charge in [0.25, 0.3) is 5.91 Å². The lowest BCUT2D eigenvalue weighted by Gasteiger charge is -2.53. The maximum atomic E-state index is 13.4. The first-order valence-corrected chi connectivity index (χ1v) is 11.6. The van der Waals surface area contributed by atoms with Gasteiger partial charge in [-0.1, -0.05) is 33.8 Å². The lowest BCUT2D eigenvalue weighted by atomic mass is 9.59. The van der Waals surface area contributed by atoms with E-state index in [-0.39, 0.29) is 40.7 Å². The van der Waals surface area contributed by atoms with Crippen molar-refractivity contribution in [1.82, 2.24) is 10.6 Å². The van der Waals surface area contributed by atoms with Crippen LogP contribution in [0.15, 0.2) is 24.3 Å². The van der Waals surface area contributed by atoms with Crippen LogP contribution in [0.3, 0.4) is 0 Å². The van der Waals surface area contributed by atoms with Crippen molar-refractivity contribution in [3.05, 3.63) is 35.6 Å². The number of ether oxygens (including phenoxy) is 1. The van der Waals surface area contributed by atoms with Crippen molar-refractivity contribution in [2.45, 2.75) is 65.5 Å². The second-order valence-electron chi connectivity index (χ2n) is 10.6. The van der Waals surface area contributed by atoms with Crippen molar-refractivity contribution in [2.24, 2.45) is 28.6 Å². The Morgan fingerprint density at radius 3 is 2.77 bits per heavy atom. The summed E-state index contributed by atoms with van der Waals surface area (Å²) in [6, 6.07) is 5.90. The molecule has 3 aliphatic rings. The van der Waals surface area contributed by atoms with Crippen molar-refractivity contribution in [3.8, 4) is 0 Å². The van der Waals surface area contributed by atoms with Gasteiger partial charge in [0.1, 0.15) is 5.82 Å². The Labute approximate surface area is 184 Å². The van der Waals surface area contributed by atoms with Crippen molar-refractivity contribution in [2.75, 3.05) is 13.2 Å². The van der Waals surface area contributed by atoms with Gasteiger partial charge >= 0.3 is 0 Å². The molecular weight excluding hydrogens is 395 g/mol. The van der Waals surface area contributed by atoms with E-state index in [1.54, 1.807) is 12.1 Å². The molecule has 2 amide bonds. The molecule has 6 heteroatoms. The van der Waals surface area contributed by atoms with Gasteiger partial charge in [0.05, 0.1) is 6.10 Å². The van der Waals surface area contributed by atoms with Crippen LogP contribution in [-0.4, -0.2) is 37.1 Å². The molecule has 2 aliphatic carbocycles. The van der Waals surface area contributed by atoms with E-state index in [2.05, 4.69) is 24.5 Å². The van der Waals surface area contributed by atoms with Crippen LogP contribution in [0.25, 0.3) is 0 Å². The van der Waals surface area contributed by atoms with Gasteiger partial charge in [0.15, 0.2) is 0 Å². The average molecular weight is 431 g/mol. The first-order valence-electron chi connectivity index (χ1n) is 11.6. The van der Waals surface area contributed by atoms with Crippen LogP contribution in [0.1, 0.15) is 63.7 Å². The molecule has 31 heavy (non-hydrogen) atoms. The minimum atomic E-state index is -0.413. The highest BCUT2D eigenvalue weighted by molar-refractivity contribution is 5.94. The van der Waals surface area contributed by atoms with Gasteiger partial charge in [-0.05, 0) is 66.5 Å². The van der Waals surface area contributed by atoms with Gasteiger partial charge in [-0.15, -0.1) is 0 Å². The van der Waals surface area contributed by atoms with Gasteiger partial charge < -0.3 is 15.4 Å². The Balaban J connectivity index is 1.43. The Kier molecular flexibility index (Phi) is 5.88. The fourth-order valence-corrected chi connectivity index (χ4v) is 6.56. The number of nitrogens with one attached hydrogen (secondary N) is 2. The Bertz CT molecular complexity index is 855. The minimum Gasteiger partial charge on any atom is -0.378 e. The summed E-state index contributed by atoms with van der Waals surface area (Å²) >= 11 is 0. The molecule has 0 aromatic heterocycles. The number of rotatable bonds is 6. The molecule has 3 fully saturated rings. The number of fused-ring (bicyclic) bond motifs is 1. The summed E-state index contributed by atoms with van der Waals surface area (Å²) in [6.07, 6.45) is 4.03. The summed E-state index contributed by atoms with van der Waals surface area (Å²) in [5, 5.41) is 6.33. The quantitative estimate of drug-likeness (QED) is 0.719. The highest BCUT2D eigenvalue weighted by Crippen LogP contribution is 2.68. The van der Waals surface area contributed by atoms with Crippen molar-refractivity contribution in [3.63, 3.8) is 0 Å². The summed E-state index contributed by atoms with van der Waals surface area (Å²) in [7, 11) is 0. The molecule has 5 nitrogen and oxygen atoms in total. The fraction of sp³-hybridized carbons (Fsp3) is 0.680.